The number of carbonyl (C=O) groups is 1. The molecular weight excluding hydrogens is 392 g/mol. The largest absolute Gasteiger partial charge is 0.573 e. The second-order valence-corrected chi connectivity index (χ2v) is 7.60. The number of nitrogens with zero attached hydrogens (tertiary/aromatic N) is 1. The highest BCUT2D eigenvalue weighted by molar-refractivity contribution is 5.94. The minimum atomic E-state index is -4.99. The quantitative estimate of drug-likeness (QED) is 0.541. The van der Waals surface area contributed by atoms with E-state index in [9.17, 15) is 27.2 Å². The van der Waals surface area contributed by atoms with Crippen LogP contribution in [0, 0.1) is 11.7 Å². The number of benzene rings is 1. The van der Waals surface area contributed by atoms with Crippen molar-refractivity contribution in [2.45, 2.75) is 50.3 Å². The molecule has 0 aliphatic heterocycles. The van der Waals surface area contributed by atoms with Gasteiger partial charge in [0.2, 0.25) is 0 Å². The van der Waals surface area contributed by atoms with Crippen LogP contribution in [0.15, 0.2) is 29.1 Å². The molecule has 0 radical (unpaired) electrons. The van der Waals surface area contributed by atoms with E-state index in [1.165, 1.54) is 6.07 Å². The Labute approximate surface area is 163 Å². The van der Waals surface area contributed by atoms with Gasteiger partial charge in [-0.2, -0.15) is 0 Å². The molecule has 0 amide bonds. The van der Waals surface area contributed by atoms with Crippen LogP contribution in [-0.2, 0) is 0 Å². The molecule has 0 spiro atoms. The normalized spacial score (nSPS) is 17.8. The van der Waals surface area contributed by atoms with Crippen molar-refractivity contribution < 1.29 is 27.1 Å². The maximum Gasteiger partial charge on any atom is 0.573 e. The molecule has 0 bridgehead atoms. The lowest BCUT2D eigenvalue weighted by Gasteiger charge is -2.17. The van der Waals surface area contributed by atoms with Crippen molar-refractivity contribution >= 4 is 5.78 Å². The number of Topliss-reactive ketones (excluding diaryl/α,β-unsaturated/α-hetero) is 1. The zero-order valence-electron chi connectivity index (χ0n) is 15.3. The fourth-order valence-corrected chi connectivity index (χ4v) is 3.48. The molecule has 1 heterocycles. The number of hydrogen-bond donors (Lipinski definition) is 1. The van der Waals surface area contributed by atoms with Crippen LogP contribution in [-0.4, -0.2) is 22.1 Å². The number of aromatic nitrogens is 2. The van der Waals surface area contributed by atoms with E-state index < -0.39 is 23.5 Å². The van der Waals surface area contributed by atoms with Crippen LogP contribution < -0.4 is 10.3 Å². The van der Waals surface area contributed by atoms with E-state index >= 15 is 0 Å². The first-order valence-corrected chi connectivity index (χ1v) is 9.39. The number of ketones is 1. The first-order chi connectivity index (χ1) is 13.7. The van der Waals surface area contributed by atoms with Gasteiger partial charge in [0, 0.05) is 18.4 Å². The molecule has 0 unspecified atom stereocenters. The summed E-state index contributed by atoms with van der Waals surface area (Å²) in [5.41, 5.74) is 0.104. The molecule has 9 heteroatoms. The average molecular weight is 410 g/mol. The summed E-state index contributed by atoms with van der Waals surface area (Å²) >= 11 is 0. The summed E-state index contributed by atoms with van der Waals surface area (Å²) in [5, 5.41) is 0. The summed E-state index contributed by atoms with van der Waals surface area (Å²) < 4.78 is 54.8. The molecule has 2 aromatic rings. The number of halogens is 4. The molecule has 2 aliphatic carbocycles. The zero-order valence-corrected chi connectivity index (χ0v) is 15.3. The standard InChI is InChI=1S/C20H18F4N2O3/c21-14-7-12(5-6-17(14)29-20(22,23)24)13(10-1-2-10)8-16(27)15-9-18(28)26-19(25-15)11-3-4-11/h5-7,9-11,13H,1-4,8H2,(H,25,26,28)/t13-/m1/s1. The fourth-order valence-electron chi connectivity index (χ4n) is 3.48. The third-order valence-corrected chi connectivity index (χ3v) is 5.22. The predicted molar refractivity (Wildman–Crippen MR) is 94.3 cm³/mol. The number of alkyl halides is 3. The Morgan fingerprint density at radius 2 is 1.93 bits per heavy atom. The van der Waals surface area contributed by atoms with Gasteiger partial charge in [-0.15, -0.1) is 13.2 Å². The fraction of sp³-hybridized carbons (Fsp3) is 0.450. The summed E-state index contributed by atoms with van der Waals surface area (Å²) in [6.45, 7) is 0. The summed E-state index contributed by atoms with van der Waals surface area (Å²) in [6.07, 6.45) is -1.47. The molecule has 2 saturated carbocycles. The van der Waals surface area contributed by atoms with E-state index in [-0.39, 0.29) is 35.7 Å². The van der Waals surface area contributed by atoms with Crippen LogP contribution in [0.4, 0.5) is 17.6 Å². The molecule has 4 rings (SSSR count). The van der Waals surface area contributed by atoms with E-state index in [4.69, 9.17) is 0 Å². The lowest BCUT2D eigenvalue weighted by Crippen LogP contribution is -2.19. The smallest absolute Gasteiger partial charge is 0.403 e. The van der Waals surface area contributed by atoms with Crippen molar-refractivity contribution in [2.75, 3.05) is 0 Å². The van der Waals surface area contributed by atoms with Gasteiger partial charge in [0.15, 0.2) is 17.3 Å². The molecule has 154 valence electrons. The molecule has 2 aliphatic rings. The van der Waals surface area contributed by atoms with Gasteiger partial charge >= 0.3 is 6.36 Å². The monoisotopic (exact) mass is 410 g/mol. The van der Waals surface area contributed by atoms with E-state index in [0.717, 1.165) is 43.9 Å². The van der Waals surface area contributed by atoms with E-state index in [2.05, 4.69) is 14.7 Å². The summed E-state index contributed by atoms with van der Waals surface area (Å²) in [5.74, 6) is -1.94. The Kier molecular flexibility index (Phi) is 4.92. The molecule has 1 aromatic carbocycles. The van der Waals surface area contributed by atoms with Crippen LogP contribution in [0.3, 0.4) is 0 Å². The predicted octanol–water partition coefficient (Wildman–Crippen LogP) is 4.45. The van der Waals surface area contributed by atoms with Crippen molar-refractivity contribution in [2.24, 2.45) is 5.92 Å². The Morgan fingerprint density at radius 3 is 2.52 bits per heavy atom. The van der Waals surface area contributed by atoms with Gasteiger partial charge in [0.05, 0.1) is 0 Å². The van der Waals surface area contributed by atoms with Gasteiger partial charge in [0.25, 0.3) is 5.56 Å². The first-order valence-electron chi connectivity index (χ1n) is 9.39. The Bertz CT molecular complexity index is 994. The van der Waals surface area contributed by atoms with Crippen molar-refractivity contribution in [1.82, 2.24) is 9.97 Å². The third kappa shape index (κ3) is 4.83. The number of aromatic amines is 1. The Morgan fingerprint density at radius 1 is 1.21 bits per heavy atom. The minimum absolute atomic E-state index is 0.00411. The molecule has 1 atom stereocenters. The highest BCUT2D eigenvalue weighted by Gasteiger charge is 2.36. The topological polar surface area (TPSA) is 72.1 Å². The highest BCUT2D eigenvalue weighted by atomic mass is 19.4. The van der Waals surface area contributed by atoms with Gasteiger partial charge in [-0.1, -0.05) is 6.07 Å². The number of H-pyrrole nitrogens is 1. The van der Waals surface area contributed by atoms with Crippen LogP contribution >= 0.6 is 0 Å². The highest BCUT2D eigenvalue weighted by Crippen LogP contribution is 2.45. The second-order valence-electron chi connectivity index (χ2n) is 7.60. The molecule has 1 N–H and O–H groups in total. The summed E-state index contributed by atoms with van der Waals surface area (Å²) in [4.78, 5) is 31.5. The van der Waals surface area contributed by atoms with Gasteiger partial charge in [-0.25, -0.2) is 9.37 Å². The maximum atomic E-state index is 14.1. The van der Waals surface area contributed by atoms with Crippen molar-refractivity contribution in [1.29, 1.82) is 0 Å². The first kappa shape index (κ1) is 19.6. The molecular formula is C20H18F4N2O3. The van der Waals surface area contributed by atoms with Gasteiger partial charge in [0.1, 0.15) is 11.5 Å². The summed E-state index contributed by atoms with van der Waals surface area (Å²) in [6, 6.07) is 4.41. The van der Waals surface area contributed by atoms with Crippen LogP contribution in [0.1, 0.15) is 65.8 Å². The van der Waals surface area contributed by atoms with Crippen molar-refractivity contribution in [3.8, 4) is 5.75 Å². The lowest BCUT2D eigenvalue weighted by atomic mass is 9.88. The van der Waals surface area contributed by atoms with Gasteiger partial charge in [-0.05, 0) is 55.2 Å². The summed E-state index contributed by atoms with van der Waals surface area (Å²) in [7, 11) is 0. The Balaban J connectivity index is 1.55. The molecule has 5 nitrogen and oxygen atoms in total. The van der Waals surface area contributed by atoms with Crippen molar-refractivity contribution in [3.05, 3.63) is 57.5 Å². The average Bonchev–Trinajstić information content (AvgIpc) is 3.53. The van der Waals surface area contributed by atoms with Gasteiger partial charge < -0.3 is 9.72 Å². The Hall–Kier alpha value is -2.71. The van der Waals surface area contributed by atoms with E-state index in [1.54, 1.807) is 0 Å². The lowest BCUT2D eigenvalue weighted by molar-refractivity contribution is -0.275. The third-order valence-electron chi connectivity index (χ3n) is 5.22. The SMILES string of the molecule is O=C(C[C@@H](c1ccc(OC(F)(F)F)c(F)c1)C1CC1)c1cc(=O)[nH]c(C2CC2)n1. The van der Waals surface area contributed by atoms with Crippen LogP contribution in [0.25, 0.3) is 0 Å². The number of nitrogens with one attached hydrogen (secondary N) is 1. The molecule has 0 saturated heterocycles. The number of ether oxygens (including phenoxy) is 1. The van der Waals surface area contributed by atoms with Crippen LogP contribution in [0.2, 0.25) is 0 Å². The number of rotatable bonds is 7. The maximum absolute atomic E-state index is 14.1. The minimum Gasteiger partial charge on any atom is -0.403 e. The van der Waals surface area contributed by atoms with Crippen LogP contribution in [0.5, 0.6) is 5.75 Å². The van der Waals surface area contributed by atoms with E-state index in [1.807, 2.05) is 0 Å². The second kappa shape index (κ2) is 7.27. The van der Waals surface area contributed by atoms with Gasteiger partial charge in [-0.3, -0.25) is 9.59 Å². The van der Waals surface area contributed by atoms with E-state index in [0.29, 0.717) is 11.4 Å². The van der Waals surface area contributed by atoms with Crippen molar-refractivity contribution in [3.63, 3.8) is 0 Å². The zero-order chi connectivity index (χ0) is 20.8. The number of hydrogen-bond acceptors (Lipinski definition) is 4. The molecule has 2 fully saturated rings. The molecule has 1 aromatic heterocycles. The number of carbonyl (C=O) groups excluding carboxylic acids is 1. The molecule has 29 heavy (non-hydrogen) atoms.